The maximum Gasteiger partial charge on any atom is 0.242 e. The van der Waals surface area contributed by atoms with Crippen molar-refractivity contribution in [3.63, 3.8) is 0 Å². The third-order valence-corrected chi connectivity index (χ3v) is 6.59. The molecule has 0 bridgehead atoms. The monoisotopic (exact) mass is 495 g/mol. The summed E-state index contributed by atoms with van der Waals surface area (Å²) < 4.78 is 18.1. The van der Waals surface area contributed by atoms with Crippen molar-refractivity contribution in [2.45, 2.75) is 18.3 Å². The molecule has 8 heteroatoms. The molecule has 0 spiro atoms. The summed E-state index contributed by atoms with van der Waals surface area (Å²) in [5, 5.41) is -0.224. The van der Waals surface area contributed by atoms with Gasteiger partial charge in [0.1, 0.15) is 10.9 Å². The van der Waals surface area contributed by atoms with E-state index in [1.54, 1.807) is 19.1 Å². The average Bonchev–Trinajstić information content (AvgIpc) is 2.99. The van der Waals surface area contributed by atoms with Gasteiger partial charge in [0.05, 0.1) is 25.5 Å². The normalized spacial score (nSPS) is 16.4. The molecule has 1 amide bonds. The van der Waals surface area contributed by atoms with Gasteiger partial charge in [-0.2, -0.15) is 0 Å². The van der Waals surface area contributed by atoms with Gasteiger partial charge < -0.3 is 14.2 Å². The lowest BCUT2D eigenvalue weighted by Crippen LogP contribution is -2.34. The van der Waals surface area contributed by atoms with E-state index in [1.807, 2.05) is 42.5 Å². The molecule has 0 N–H and O–H groups in total. The number of halogens is 1. The van der Waals surface area contributed by atoms with E-state index in [1.165, 1.54) is 11.8 Å². The largest absolute Gasteiger partial charge is 0.493 e. The van der Waals surface area contributed by atoms with Crippen molar-refractivity contribution in [1.82, 2.24) is 4.90 Å². The number of hydrogen-bond donors (Lipinski definition) is 0. The third-order valence-electron chi connectivity index (χ3n) is 4.48. The Morgan fingerprint density at radius 1 is 1.10 bits per heavy atom. The Morgan fingerprint density at radius 3 is 2.52 bits per heavy atom. The molecule has 29 heavy (non-hydrogen) atoms. The van der Waals surface area contributed by atoms with Crippen LogP contribution in [0.3, 0.4) is 0 Å². The summed E-state index contributed by atoms with van der Waals surface area (Å²) in [6.45, 7) is 1.41. The van der Waals surface area contributed by atoms with Crippen LogP contribution in [0, 0.1) is 0 Å². The van der Waals surface area contributed by atoms with Crippen LogP contribution in [0.15, 0.2) is 46.9 Å². The van der Waals surface area contributed by atoms with E-state index in [0.29, 0.717) is 42.0 Å². The highest BCUT2D eigenvalue weighted by Crippen LogP contribution is 2.33. The molecule has 1 saturated heterocycles. The lowest BCUT2D eigenvalue weighted by molar-refractivity contribution is -0.126. The molecule has 1 heterocycles. The standard InChI is InChI=1S/C21H22BrNO4S2/c1-25-10-9-23-20(24)19(29-21(23)28)12-15-5-8-17(18(11-15)26-2)27-13-14-3-6-16(22)7-4-14/h3-8,11,19H,9-10,12-13H2,1-2H3/t19-/m1/s1. The molecule has 1 aliphatic rings. The second kappa shape index (κ2) is 10.4. The van der Waals surface area contributed by atoms with Crippen LogP contribution >= 0.6 is 39.9 Å². The van der Waals surface area contributed by atoms with E-state index in [2.05, 4.69) is 15.9 Å². The Bertz CT molecular complexity index is 875. The van der Waals surface area contributed by atoms with Gasteiger partial charge in [-0.05, 0) is 41.8 Å². The molecular formula is C21H22BrNO4S2. The van der Waals surface area contributed by atoms with Gasteiger partial charge in [0.25, 0.3) is 0 Å². The second-order valence-electron chi connectivity index (χ2n) is 6.46. The van der Waals surface area contributed by atoms with Gasteiger partial charge in [0.15, 0.2) is 11.5 Å². The quantitative estimate of drug-likeness (QED) is 0.478. The first kappa shape index (κ1) is 22.1. The molecule has 2 aromatic carbocycles. The van der Waals surface area contributed by atoms with Crippen LogP contribution in [0.4, 0.5) is 0 Å². The van der Waals surface area contributed by atoms with E-state index in [4.69, 9.17) is 26.4 Å². The number of thioether (sulfide) groups is 1. The Labute approximate surface area is 188 Å². The van der Waals surface area contributed by atoms with E-state index < -0.39 is 0 Å². The minimum absolute atomic E-state index is 0.0339. The van der Waals surface area contributed by atoms with Crippen LogP contribution in [0.1, 0.15) is 11.1 Å². The number of hydrogen-bond acceptors (Lipinski definition) is 6. The van der Waals surface area contributed by atoms with Crippen LogP contribution in [0.25, 0.3) is 0 Å². The highest BCUT2D eigenvalue weighted by Gasteiger charge is 2.36. The molecule has 1 fully saturated rings. The number of methoxy groups -OCH3 is 2. The summed E-state index contributed by atoms with van der Waals surface area (Å²) in [5.74, 6) is 1.35. The van der Waals surface area contributed by atoms with Gasteiger partial charge in [-0.3, -0.25) is 9.69 Å². The number of nitrogens with zero attached hydrogens (tertiary/aromatic N) is 1. The average molecular weight is 496 g/mol. The topological polar surface area (TPSA) is 48.0 Å². The Balaban J connectivity index is 1.64. The number of rotatable bonds is 9. The van der Waals surface area contributed by atoms with Crippen molar-refractivity contribution in [2.24, 2.45) is 0 Å². The smallest absolute Gasteiger partial charge is 0.242 e. The number of carbonyl (C=O) groups excluding carboxylic acids is 1. The molecule has 0 radical (unpaired) electrons. The van der Waals surface area contributed by atoms with Crippen LogP contribution in [0.2, 0.25) is 0 Å². The molecule has 1 aliphatic heterocycles. The molecule has 3 rings (SSSR count). The molecule has 0 saturated carbocycles. The fraction of sp³-hybridized carbons (Fsp3) is 0.333. The fourth-order valence-electron chi connectivity index (χ4n) is 2.93. The maximum atomic E-state index is 12.6. The zero-order valence-corrected chi connectivity index (χ0v) is 19.4. The van der Waals surface area contributed by atoms with Gasteiger partial charge in [0, 0.05) is 11.6 Å². The summed E-state index contributed by atoms with van der Waals surface area (Å²) >= 11 is 10.2. The SMILES string of the molecule is COCCN1C(=O)[C@@H](Cc2ccc(OCc3ccc(Br)cc3)c(OC)c2)SC1=S. The molecule has 154 valence electrons. The molecule has 2 aromatic rings. The Morgan fingerprint density at radius 2 is 1.83 bits per heavy atom. The van der Waals surface area contributed by atoms with Crippen LogP contribution in [-0.4, -0.2) is 47.7 Å². The number of carbonyl (C=O) groups is 1. The van der Waals surface area contributed by atoms with Crippen molar-refractivity contribution in [1.29, 1.82) is 0 Å². The van der Waals surface area contributed by atoms with Crippen LogP contribution in [0.5, 0.6) is 11.5 Å². The summed E-state index contributed by atoms with van der Waals surface area (Å²) in [5.41, 5.74) is 2.07. The number of amides is 1. The molecule has 0 aromatic heterocycles. The highest BCUT2D eigenvalue weighted by molar-refractivity contribution is 9.10. The van der Waals surface area contributed by atoms with Gasteiger partial charge in [-0.25, -0.2) is 0 Å². The van der Waals surface area contributed by atoms with Crippen molar-refractivity contribution in [3.8, 4) is 11.5 Å². The van der Waals surface area contributed by atoms with Gasteiger partial charge in [-0.15, -0.1) is 0 Å². The predicted octanol–water partition coefficient (Wildman–Crippen LogP) is 4.45. The lowest BCUT2D eigenvalue weighted by atomic mass is 10.1. The van der Waals surface area contributed by atoms with Crippen LogP contribution < -0.4 is 9.47 Å². The van der Waals surface area contributed by atoms with E-state index in [9.17, 15) is 4.79 Å². The number of thiocarbonyl (C=S) groups is 1. The van der Waals surface area contributed by atoms with Crippen LogP contribution in [-0.2, 0) is 22.6 Å². The summed E-state index contributed by atoms with van der Waals surface area (Å²) in [6.07, 6.45) is 0.580. The first-order chi connectivity index (χ1) is 14.0. The first-order valence-corrected chi connectivity index (χ1v) is 11.1. The first-order valence-electron chi connectivity index (χ1n) is 9.07. The van der Waals surface area contributed by atoms with Crippen molar-refractivity contribution in [3.05, 3.63) is 58.1 Å². The van der Waals surface area contributed by atoms with Gasteiger partial charge in [0.2, 0.25) is 5.91 Å². The fourth-order valence-corrected chi connectivity index (χ4v) is 4.78. The zero-order chi connectivity index (χ0) is 20.8. The minimum atomic E-state index is -0.224. The van der Waals surface area contributed by atoms with E-state index in [0.717, 1.165) is 15.6 Å². The molecular weight excluding hydrogens is 474 g/mol. The Kier molecular flexibility index (Phi) is 7.94. The highest BCUT2D eigenvalue weighted by atomic mass is 79.9. The Hall–Kier alpha value is -1.61. The molecule has 0 unspecified atom stereocenters. The third kappa shape index (κ3) is 5.72. The van der Waals surface area contributed by atoms with Crippen molar-refractivity contribution in [2.75, 3.05) is 27.4 Å². The van der Waals surface area contributed by atoms with E-state index >= 15 is 0 Å². The predicted molar refractivity (Wildman–Crippen MR) is 123 cm³/mol. The van der Waals surface area contributed by atoms with Crippen molar-refractivity contribution >= 4 is 50.1 Å². The zero-order valence-electron chi connectivity index (χ0n) is 16.2. The summed E-state index contributed by atoms with van der Waals surface area (Å²) in [7, 11) is 3.23. The minimum Gasteiger partial charge on any atom is -0.493 e. The molecule has 0 aliphatic carbocycles. The molecule has 5 nitrogen and oxygen atoms in total. The summed E-state index contributed by atoms with van der Waals surface area (Å²) in [6, 6.07) is 13.8. The number of benzene rings is 2. The van der Waals surface area contributed by atoms with Crippen molar-refractivity contribution < 1.29 is 19.0 Å². The van der Waals surface area contributed by atoms with E-state index in [-0.39, 0.29) is 11.2 Å². The lowest BCUT2D eigenvalue weighted by Gasteiger charge is -2.15. The number of ether oxygens (including phenoxy) is 3. The van der Waals surface area contributed by atoms with Gasteiger partial charge >= 0.3 is 0 Å². The maximum absolute atomic E-state index is 12.6. The second-order valence-corrected chi connectivity index (χ2v) is 9.21. The molecule has 1 atom stereocenters. The van der Waals surface area contributed by atoms with Gasteiger partial charge in [-0.1, -0.05) is 58.1 Å². The summed E-state index contributed by atoms with van der Waals surface area (Å²) in [4.78, 5) is 14.3.